The van der Waals surface area contributed by atoms with E-state index in [1.54, 1.807) is 0 Å². The lowest BCUT2D eigenvalue weighted by Crippen LogP contribution is -2.03. The Morgan fingerprint density at radius 1 is 1.36 bits per heavy atom. The molecule has 2 rings (SSSR count). The van der Waals surface area contributed by atoms with E-state index in [2.05, 4.69) is 0 Å². The summed E-state index contributed by atoms with van der Waals surface area (Å²) in [5, 5.41) is 0. The zero-order valence-electron chi connectivity index (χ0n) is 6.93. The van der Waals surface area contributed by atoms with E-state index >= 15 is 0 Å². The highest BCUT2D eigenvalue weighted by atomic mass is 32.2. The molecular weight excluding hydrogens is 208 g/mol. The van der Waals surface area contributed by atoms with Gasteiger partial charge in [0, 0.05) is 5.56 Å². The average Bonchev–Trinajstić information content (AvgIpc) is 2.41. The first-order chi connectivity index (χ1) is 6.48. The first kappa shape index (κ1) is 9.17. The molecule has 1 aromatic carbocycles. The molecule has 1 N–H and O–H groups in total. The summed E-state index contributed by atoms with van der Waals surface area (Å²) in [6.07, 6.45) is -0.120. The third-order valence-corrected chi connectivity index (χ3v) is 2.85. The van der Waals surface area contributed by atoms with E-state index in [0.717, 1.165) is 0 Å². The Bertz CT molecular complexity index is 502. The fourth-order valence-corrected chi connectivity index (χ4v) is 2.09. The molecule has 0 bridgehead atoms. The summed E-state index contributed by atoms with van der Waals surface area (Å²) >= 11 is 0. The summed E-state index contributed by atoms with van der Waals surface area (Å²) in [6, 6.07) is 4.12. The van der Waals surface area contributed by atoms with Crippen LogP contribution in [0.5, 0.6) is 5.75 Å². The van der Waals surface area contributed by atoms with Gasteiger partial charge in [-0.2, -0.15) is 8.42 Å². The molecule has 0 saturated heterocycles. The first-order valence-corrected chi connectivity index (χ1v) is 5.22. The molecule has 1 aliphatic rings. The van der Waals surface area contributed by atoms with Gasteiger partial charge in [0.25, 0.3) is 10.1 Å². The minimum absolute atomic E-state index is 0.120. The molecule has 0 spiro atoms. The van der Waals surface area contributed by atoms with Crippen LogP contribution in [0.3, 0.4) is 0 Å². The van der Waals surface area contributed by atoms with Crippen LogP contribution < -0.4 is 4.74 Å². The quantitative estimate of drug-likeness (QED) is 0.415. The number of hydrogen-bond acceptors (Lipinski definition) is 4. The maximum atomic E-state index is 10.9. The zero-order chi connectivity index (χ0) is 10.3. The lowest BCUT2D eigenvalue weighted by Gasteiger charge is -2.01. The molecule has 6 heteroatoms. The monoisotopic (exact) mass is 214 g/mol. The van der Waals surface area contributed by atoms with Gasteiger partial charge in [0.2, 0.25) is 0 Å². The van der Waals surface area contributed by atoms with Gasteiger partial charge in [-0.05, 0) is 12.1 Å². The van der Waals surface area contributed by atoms with Gasteiger partial charge < -0.3 is 4.74 Å². The SMILES string of the molecule is O=C1Cc2c(cccc2S(=O)(=O)O)O1. The van der Waals surface area contributed by atoms with Gasteiger partial charge in [-0.25, -0.2) is 0 Å². The van der Waals surface area contributed by atoms with Gasteiger partial charge in [0.15, 0.2) is 0 Å². The molecule has 0 atom stereocenters. The first-order valence-electron chi connectivity index (χ1n) is 3.78. The largest absolute Gasteiger partial charge is 0.426 e. The van der Waals surface area contributed by atoms with Gasteiger partial charge in [-0.3, -0.25) is 9.35 Å². The van der Waals surface area contributed by atoms with E-state index in [1.807, 2.05) is 0 Å². The van der Waals surface area contributed by atoms with Crippen molar-refractivity contribution in [3.8, 4) is 5.75 Å². The Hall–Kier alpha value is -1.40. The number of benzene rings is 1. The van der Waals surface area contributed by atoms with E-state index in [4.69, 9.17) is 9.29 Å². The van der Waals surface area contributed by atoms with Crippen molar-refractivity contribution in [2.75, 3.05) is 0 Å². The summed E-state index contributed by atoms with van der Waals surface area (Å²) in [5.41, 5.74) is 0.222. The molecule has 1 aliphatic heterocycles. The number of rotatable bonds is 1. The van der Waals surface area contributed by atoms with Crippen LogP contribution in [0.2, 0.25) is 0 Å². The highest BCUT2D eigenvalue weighted by molar-refractivity contribution is 7.85. The van der Waals surface area contributed by atoms with Gasteiger partial charge in [-0.1, -0.05) is 6.07 Å². The third kappa shape index (κ3) is 1.38. The molecule has 5 nitrogen and oxygen atoms in total. The maximum Gasteiger partial charge on any atom is 0.315 e. The number of carbonyl (C=O) groups is 1. The van der Waals surface area contributed by atoms with Crippen LogP contribution in [0.4, 0.5) is 0 Å². The Kier molecular flexibility index (Phi) is 1.83. The molecule has 0 amide bonds. The number of hydrogen-bond donors (Lipinski definition) is 1. The topological polar surface area (TPSA) is 80.7 Å². The number of fused-ring (bicyclic) bond motifs is 1. The van der Waals surface area contributed by atoms with Gasteiger partial charge in [0.1, 0.15) is 10.6 Å². The van der Waals surface area contributed by atoms with Crippen LogP contribution in [-0.4, -0.2) is 18.9 Å². The van der Waals surface area contributed by atoms with Crippen molar-refractivity contribution < 1.29 is 22.5 Å². The second-order valence-electron chi connectivity index (χ2n) is 2.86. The van der Waals surface area contributed by atoms with Crippen molar-refractivity contribution in [2.45, 2.75) is 11.3 Å². The Labute approximate surface area is 80.1 Å². The van der Waals surface area contributed by atoms with Crippen molar-refractivity contribution in [2.24, 2.45) is 0 Å². The highest BCUT2D eigenvalue weighted by Gasteiger charge is 2.27. The molecule has 0 radical (unpaired) electrons. The Balaban J connectivity index is 2.67. The van der Waals surface area contributed by atoms with Gasteiger partial charge in [0.05, 0.1) is 6.42 Å². The van der Waals surface area contributed by atoms with Crippen LogP contribution in [0, 0.1) is 0 Å². The summed E-state index contributed by atoms with van der Waals surface area (Å²) in [7, 11) is -4.28. The minimum atomic E-state index is -4.28. The van der Waals surface area contributed by atoms with E-state index in [9.17, 15) is 13.2 Å². The number of carbonyl (C=O) groups excluding carboxylic acids is 1. The molecule has 1 heterocycles. The summed E-state index contributed by atoms with van der Waals surface area (Å²) in [5.74, 6) is -0.318. The highest BCUT2D eigenvalue weighted by Crippen LogP contribution is 2.31. The molecule has 74 valence electrons. The summed E-state index contributed by atoms with van der Waals surface area (Å²) in [6.45, 7) is 0. The fraction of sp³-hybridized carbons (Fsp3) is 0.125. The fourth-order valence-electron chi connectivity index (χ4n) is 1.36. The molecule has 14 heavy (non-hydrogen) atoms. The predicted molar refractivity (Wildman–Crippen MR) is 45.6 cm³/mol. The van der Waals surface area contributed by atoms with E-state index < -0.39 is 16.1 Å². The lowest BCUT2D eigenvalue weighted by molar-refractivity contribution is -0.131. The van der Waals surface area contributed by atoms with Crippen molar-refractivity contribution in [3.63, 3.8) is 0 Å². The second kappa shape index (κ2) is 2.79. The lowest BCUT2D eigenvalue weighted by atomic mass is 10.2. The summed E-state index contributed by atoms with van der Waals surface area (Å²) < 4.78 is 35.3. The van der Waals surface area contributed by atoms with Crippen LogP contribution in [0.15, 0.2) is 23.1 Å². The van der Waals surface area contributed by atoms with E-state index in [0.29, 0.717) is 0 Å². The minimum Gasteiger partial charge on any atom is -0.426 e. The standard InChI is InChI=1S/C8H6O5S/c9-8-4-5-6(13-8)2-1-3-7(5)14(10,11)12/h1-3H,4H2,(H,10,11,12). The van der Waals surface area contributed by atoms with Crippen molar-refractivity contribution in [1.82, 2.24) is 0 Å². The maximum absolute atomic E-state index is 10.9. The molecule has 0 unspecified atom stereocenters. The van der Waals surface area contributed by atoms with E-state index in [-0.39, 0.29) is 22.6 Å². The molecule has 1 aromatic rings. The van der Waals surface area contributed by atoms with Crippen LogP contribution in [0.1, 0.15) is 5.56 Å². The Morgan fingerprint density at radius 3 is 2.71 bits per heavy atom. The van der Waals surface area contributed by atoms with Gasteiger partial charge >= 0.3 is 5.97 Å². The Morgan fingerprint density at radius 2 is 2.07 bits per heavy atom. The van der Waals surface area contributed by atoms with Crippen LogP contribution in [-0.2, 0) is 21.3 Å². The molecule has 0 fully saturated rings. The normalized spacial score (nSPS) is 15.1. The van der Waals surface area contributed by atoms with Crippen molar-refractivity contribution >= 4 is 16.1 Å². The second-order valence-corrected chi connectivity index (χ2v) is 4.25. The average molecular weight is 214 g/mol. The van der Waals surface area contributed by atoms with Crippen LogP contribution >= 0.6 is 0 Å². The van der Waals surface area contributed by atoms with Crippen LogP contribution in [0.25, 0.3) is 0 Å². The number of esters is 1. The summed E-state index contributed by atoms with van der Waals surface area (Å²) in [4.78, 5) is 10.6. The molecular formula is C8H6O5S. The molecule has 0 saturated carbocycles. The van der Waals surface area contributed by atoms with Crippen molar-refractivity contribution in [1.29, 1.82) is 0 Å². The predicted octanol–water partition coefficient (Wildman–Crippen LogP) is 0.395. The third-order valence-electron chi connectivity index (χ3n) is 1.91. The molecule has 0 aliphatic carbocycles. The zero-order valence-corrected chi connectivity index (χ0v) is 7.74. The van der Waals surface area contributed by atoms with E-state index in [1.165, 1.54) is 18.2 Å². The van der Waals surface area contributed by atoms with Gasteiger partial charge in [-0.15, -0.1) is 0 Å². The van der Waals surface area contributed by atoms with Crippen molar-refractivity contribution in [3.05, 3.63) is 23.8 Å². The molecule has 0 aromatic heterocycles. The smallest absolute Gasteiger partial charge is 0.315 e. The number of ether oxygens (including phenoxy) is 1.